The van der Waals surface area contributed by atoms with E-state index in [2.05, 4.69) is 6.92 Å². The summed E-state index contributed by atoms with van der Waals surface area (Å²) in [6, 6.07) is 0. The molecule has 4 rings (SSSR count). The molecule has 9 unspecified atom stereocenters. The van der Waals surface area contributed by atoms with E-state index in [0.717, 1.165) is 37.8 Å². The van der Waals surface area contributed by atoms with Crippen LogP contribution in [0.15, 0.2) is 35.5 Å². The highest BCUT2D eigenvalue weighted by Crippen LogP contribution is 2.57. The first-order chi connectivity index (χ1) is 16.6. The molecule has 35 heavy (non-hydrogen) atoms. The summed E-state index contributed by atoms with van der Waals surface area (Å²) in [5.74, 6) is 0.654. The fourth-order valence-corrected chi connectivity index (χ4v) is 7.36. The molecule has 0 aliphatic heterocycles. The lowest BCUT2D eigenvalue weighted by atomic mass is 9.70. The molecular weight excluding hydrogens is 447 g/mol. The standard InChI is InChI=1S/C30H44F3NO/c1-18-10-13-22(29(35)14-12-21-11-9-19(2)28(15-21)30(31,32)33)16-25(18)27-17-26(27)24-8-6-4-5-7-23(24)20(3)34/h9,11-12,14,18-19,21-22,25-29,34-35H,4-8,10,13,15-17H2,1-3H3. The van der Waals surface area contributed by atoms with Crippen LogP contribution in [0.1, 0.15) is 85.0 Å². The second-order valence-electron chi connectivity index (χ2n) is 12.1. The highest BCUT2D eigenvalue weighted by molar-refractivity contribution is 5.96. The van der Waals surface area contributed by atoms with Crippen molar-refractivity contribution in [2.75, 3.05) is 0 Å². The normalized spacial score (nSPS) is 39.5. The summed E-state index contributed by atoms with van der Waals surface area (Å²) in [4.78, 5) is 0. The SMILES string of the molecule is CC(=N)C1=C(C2CC2C2CC(C(O)C=CC3C=CC(C)C(C(F)(F)F)C3)CCC2C)CCCCC1. The van der Waals surface area contributed by atoms with Gasteiger partial charge in [-0.3, -0.25) is 0 Å². The number of hydrogen-bond acceptors (Lipinski definition) is 2. The highest BCUT2D eigenvalue weighted by atomic mass is 19.4. The Morgan fingerprint density at radius 2 is 1.77 bits per heavy atom. The van der Waals surface area contributed by atoms with E-state index >= 15 is 0 Å². The van der Waals surface area contributed by atoms with Crippen LogP contribution in [0.4, 0.5) is 13.2 Å². The predicted octanol–water partition coefficient (Wildman–Crippen LogP) is 8.28. The number of nitrogens with one attached hydrogen (secondary N) is 1. The number of hydrogen-bond donors (Lipinski definition) is 2. The van der Waals surface area contributed by atoms with Crippen LogP contribution >= 0.6 is 0 Å². The molecule has 0 amide bonds. The van der Waals surface area contributed by atoms with Crippen LogP contribution in [0.2, 0.25) is 0 Å². The van der Waals surface area contributed by atoms with Gasteiger partial charge in [0, 0.05) is 5.71 Å². The average Bonchev–Trinajstić information content (AvgIpc) is 3.60. The highest BCUT2D eigenvalue weighted by Gasteiger charge is 2.49. The van der Waals surface area contributed by atoms with Crippen molar-refractivity contribution in [1.29, 1.82) is 5.41 Å². The number of alkyl halides is 3. The average molecular weight is 492 g/mol. The third-order valence-electron chi connectivity index (χ3n) is 9.63. The van der Waals surface area contributed by atoms with Crippen molar-refractivity contribution in [3.05, 3.63) is 35.5 Å². The first kappa shape index (κ1) is 26.7. The summed E-state index contributed by atoms with van der Waals surface area (Å²) in [5, 5.41) is 19.3. The fraction of sp³-hybridized carbons (Fsp3) is 0.767. The zero-order valence-corrected chi connectivity index (χ0v) is 21.7. The summed E-state index contributed by atoms with van der Waals surface area (Å²) in [7, 11) is 0. The van der Waals surface area contributed by atoms with Gasteiger partial charge < -0.3 is 10.5 Å². The van der Waals surface area contributed by atoms with E-state index in [9.17, 15) is 18.3 Å². The maximum atomic E-state index is 13.4. The number of halogens is 3. The van der Waals surface area contributed by atoms with Crippen LogP contribution in [-0.4, -0.2) is 23.1 Å². The lowest BCUT2D eigenvalue weighted by Gasteiger charge is -2.37. The molecule has 4 aliphatic carbocycles. The Kier molecular flexibility index (Phi) is 8.35. The minimum absolute atomic E-state index is 0.0718. The molecule has 0 aromatic heterocycles. The molecule has 0 spiro atoms. The second-order valence-corrected chi connectivity index (χ2v) is 12.1. The number of allylic oxidation sites excluding steroid dienone is 5. The van der Waals surface area contributed by atoms with Gasteiger partial charge in [0.25, 0.3) is 0 Å². The Bertz CT molecular complexity index is 856. The second kappa shape index (κ2) is 10.9. The van der Waals surface area contributed by atoms with E-state index in [4.69, 9.17) is 5.41 Å². The monoisotopic (exact) mass is 491 g/mol. The summed E-state index contributed by atoms with van der Waals surface area (Å²) in [5.41, 5.74) is 3.64. The molecule has 0 aromatic rings. The van der Waals surface area contributed by atoms with Gasteiger partial charge in [0.15, 0.2) is 0 Å². The van der Waals surface area contributed by atoms with E-state index in [1.807, 2.05) is 19.1 Å². The van der Waals surface area contributed by atoms with Crippen molar-refractivity contribution in [2.45, 2.75) is 97.3 Å². The lowest BCUT2D eigenvalue weighted by Crippen LogP contribution is -2.32. The smallest absolute Gasteiger partial charge is 0.389 e. The van der Waals surface area contributed by atoms with Crippen molar-refractivity contribution >= 4 is 5.71 Å². The molecule has 0 bridgehead atoms. The van der Waals surface area contributed by atoms with Crippen LogP contribution < -0.4 is 0 Å². The molecule has 196 valence electrons. The van der Waals surface area contributed by atoms with Gasteiger partial charge in [-0.05, 0) is 105 Å². The summed E-state index contributed by atoms with van der Waals surface area (Å²) in [6.45, 7) is 5.93. The molecule has 2 N–H and O–H groups in total. The Labute approximate surface area is 209 Å². The maximum Gasteiger partial charge on any atom is 0.392 e. The predicted molar refractivity (Wildman–Crippen MR) is 136 cm³/mol. The topological polar surface area (TPSA) is 44.1 Å². The number of aliphatic hydroxyl groups excluding tert-OH is 1. The zero-order chi connectivity index (χ0) is 25.3. The molecule has 0 heterocycles. The quantitative estimate of drug-likeness (QED) is 0.285. The van der Waals surface area contributed by atoms with Gasteiger partial charge in [-0.1, -0.05) is 56.6 Å². The third-order valence-corrected chi connectivity index (χ3v) is 9.63. The molecule has 2 nitrogen and oxygen atoms in total. The van der Waals surface area contributed by atoms with E-state index in [1.54, 1.807) is 24.6 Å². The van der Waals surface area contributed by atoms with Crippen LogP contribution in [0.25, 0.3) is 0 Å². The van der Waals surface area contributed by atoms with Gasteiger partial charge in [0.1, 0.15) is 0 Å². The lowest BCUT2D eigenvalue weighted by molar-refractivity contribution is -0.187. The molecule has 9 atom stereocenters. The van der Waals surface area contributed by atoms with Crippen molar-refractivity contribution in [2.24, 2.45) is 47.3 Å². The fourth-order valence-electron chi connectivity index (χ4n) is 7.36. The molecule has 0 saturated heterocycles. The molecule has 4 aliphatic rings. The van der Waals surface area contributed by atoms with Gasteiger partial charge in [-0.25, -0.2) is 0 Å². The van der Waals surface area contributed by atoms with Crippen LogP contribution in [0.3, 0.4) is 0 Å². The molecule has 0 aromatic carbocycles. The zero-order valence-electron chi connectivity index (χ0n) is 21.7. The maximum absolute atomic E-state index is 13.4. The molecule has 0 radical (unpaired) electrons. The van der Waals surface area contributed by atoms with Crippen molar-refractivity contribution in [1.82, 2.24) is 0 Å². The molecule has 2 fully saturated rings. The van der Waals surface area contributed by atoms with Crippen LogP contribution in [0.5, 0.6) is 0 Å². The van der Waals surface area contributed by atoms with E-state index in [0.29, 0.717) is 23.7 Å². The van der Waals surface area contributed by atoms with E-state index < -0.39 is 24.1 Å². The largest absolute Gasteiger partial charge is 0.392 e. The third kappa shape index (κ3) is 6.32. The summed E-state index contributed by atoms with van der Waals surface area (Å²) < 4.78 is 40.1. The van der Waals surface area contributed by atoms with Gasteiger partial charge in [-0.2, -0.15) is 13.2 Å². The van der Waals surface area contributed by atoms with Crippen molar-refractivity contribution < 1.29 is 18.3 Å². The van der Waals surface area contributed by atoms with Gasteiger partial charge >= 0.3 is 6.18 Å². The minimum atomic E-state index is -4.18. The molecule has 2 saturated carbocycles. The molecular formula is C30H44F3NO. The van der Waals surface area contributed by atoms with Crippen molar-refractivity contribution in [3.63, 3.8) is 0 Å². The van der Waals surface area contributed by atoms with Crippen LogP contribution in [0, 0.1) is 52.8 Å². The first-order valence-corrected chi connectivity index (χ1v) is 13.9. The summed E-state index contributed by atoms with van der Waals surface area (Å²) in [6.07, 6.45) is 12.7. The van der Waals surface area contributed by atoms with Gasteiger partial charge in [0.2, 0.25) is 0 Å². The van der Waals surface area contributed by atoms with Gasteiger partial charge in [0.05, 0.1) is 12.0 Å². The summed E-state index contributed by atoms with van der Waals surface area (Å²) >= 11 is 0. The van der Waals surface area contributed by atoms with Gasteiger partial charge in [-0.15, -0.1) is 0 Å². The van der Waals surface area contributed by atoms with Crippen LogP contribution in [-0.2, 0) is 0 Å². The minimum Gasteiger partial charge on any atom is -0.389 e. The van der Waals surface area contributed by atoms with E-state index in [-0.39, 0.29) is 18.3 Å². The molecule has 5 heteroatoms. The van der Waals surface area contributed by atoms with E-state index in [1.165, 1.54) is 31.3 Å². The Balaban J connectivity index is 1.38. The number of aliphatic hydroxyl groups is 1. The Morgan fingerprint density at radius 1 is 1.03 bits per heavy atom. The van der Waals surface area contributed by atoms with Crippen molar-refractivity contribution in [3.8, 4) is 0 Å². The Hall–Kier alpha value is -1.36. The first-order valence-electron chi connectivity index (χ1n) is 13.9. The Morgan fingerprint density at radius 3 is 2.49 bits per heavy atom. The number of rotatable bonds is 6.